The van der Waals surface area contributed by atoms with Crippen molar-refractivity contribution in [1.82, 2.24) is 0 Å². The molecule has 0 aliphatic rings. The van der Waals surface area contributed by atoms with Crippen LogP contribution in [-0.4, -0.2) is 21.8 Å². The predicted octanol–water partition coefficient (Wildman–Crippen LogP) is 1.44. The second kappa shape index (κ2) is 5.89. The van der Waals surface area contributed by atoms with Crippen LogP contribution in [0.15, 0.2) is 34.9 Å². The lowest BCUT2D eigenvalue weighted by atomic mass is 10.3. The molecule has 19 heavy (non-hydrogen) atoms. The number of ether oxygens (including phenoxy) is 1. The Hall–Kier alpha value is -2.51. The molecule has 1 aromatic rings. The predicted molar refractivity (Wildman–Crippen MR) is 69.0 cm³/mol. The van der Waals surface area contributed by atoms with Gasteiger partial charge in [0, 0.05) is 24.2 Å². The Morgan fingerprint density at radius 3 is 2.42 bits per heavy atom. The third-order valence-electron chi connectivity index (χ3n) is 2.17. The number of methoxy groups -OCH3 is 1. The van der Waals surface area contributed by atoms with Crippen LogP contribution in [0.2, 0.25) is 0 Å². The van der Waals surface area contributed by atoms with E-state index in [9.17, 15) is 8.42 Å². The topological polar surface area (TPSA) is 103 Å². The van der Waals surface area contributed by atoms with Gasteiger partial charge in [-0.1, -0.05) is 0 Å². The van der Waals surface area contributed by atoms with E-state index in [0.29, 0.717) is 11.4 Å². The number of allylic oxidation sites excluding steroid dienone is 1. The fourth-order valence-electron chi connectivity index (χ4n) is 1.23. The largest absolute Gasteiger partial charge is 0.497 e. The Balaban J connectivity index is 3.20. The zero-order valence-electron chi connectivity index (χ0n) is 10.3. The zero-order valence-corrected chi connectivity index (χ0v) is 11.2. The number of hydrogen-bond donors (Lipinski definition) is 1. The molecule has 0 heterocycles. The Morgan fingerprint density at radius 2 is 1.95 bits per heavy atom. The Labute approximate surface area is 111 Å². The Morgan fingerprint density at radius 1 is 1.32 bits per heavy atom. The van der Waals surface area contributed by atoms with Crippen LogP contribution in [0.3, 0.4) is 0 Å². The van der Waals surface area contributed by atoms with E-state index in [1.807, 2.05) is 0 Å². The van der Waals surface area contributed by atoms with Crippen LogP contribution in [-0.2, 0) is 9.84 Å². The lowest BCUT2D eigenvalue weighted by Crippen LogP contribution is -2.00. The van der Waals surface area contributed by atoms with Gasteiger partial charge in [-0.25, -0.2) is 8.42 Å². The van der Waals surface area contributed by atoms with E-state index in [2.05, 4.69) is 5.32 Å². The second-order valence-electron chi connectivity index (χ2n) is 3.60. The zero-order chi connectivity index (χ0) is 14.5. The fourth-order valence-corrected chi connectivity index (χ4v) is 1.90. The van der Waals surface area contributed by atoms with E-state index in [-0.39, 0.29) is 10.5 Å². The summed E-state index contributed by atoms with van der Waals surface area (Å²) in [5.74, 6) is 0.356. The SMILES string of the molecule is COc1cc(NC=C(C#N)C#N)cc(S(C)(=O)=O)c1. The lowest BCUT2D eigenvalue weighted by Gasteiger charge is -2.07. The first-order chi connectivity index (χ1) is 8.90. The number of nitriles is 2. The van der Waals surface area contributed by atoms with E-state index in [4.69, 9.17) is 15.3 Å². The summed E-state index contributed by atoms with van der Waals surface area (Å²) in [6.45, 7) is 0. The molecule has 0 unspecified atom stereocenters. The van der Waals surface area contributed by atoms with Crippen LogP contribution in [0, 0.1) is 22.7 Å². The van der Waals surface area contributed by atoms with Gasteiger partial charge in [0.05, 0.1) is 12.0 Å². The summed E-state index contributed by atoms with van der Waals surface area (Å²) < 4.78 is 28.0. The van der Waals surface area contributed by atoms with Gasteiger partial charge in [-0.05, 0) is 12.1 Å². The smallest absolute Gasteiger partial charge is 0.175 e. The molecule has 1 rings (SSSR count). The number of rotatable bonds is 4. The molecule has 0 radical (unpaired) electrons. The minimum Gasteiger partial charge on any atom is -0.497 e. The molecule has 0 saturated heterocycles. The maximum absolute atomic E-state index is 11.5. The first-order valence-electron chi connectivity index (χ1n) is 5.06. The molecule has 0 bridgehead atoms. The standard InChI is InChI=1S/C12H11N3O3S/c1-18-11-3-10(15-8-9(6-13)7-14)4-12(5-11)19(2,16)17/h3-5,8,15H,1-2H3. The van der Waals surface area contributed by atoms with Crippen molar-refractivity contribution in [2.45, 2.75) is 4.90 Å². The van der Waals surface area contributed by atoms with Crippen molar-refractivity contribution in [2.24, 2.45) is 0 Å². The van der Waals surface area contributed by atoms with Crippen LogP contribution < -0.4 is 10.1 Å². The maximum Gasteiger partial charge on any atom is 0.175 e. The van der Waals surface area contributed by atoms with Gasteiger partial charge in [-0.2, -0.15) is 10.5 Å². The summed E-state index contributed by atoms with van der Waals surface area (Å²) in [4.78, 5) is 0.0817. The molecule has 1 aromatic carbocycles. The van der Waals surface area contributed by atoms with Gasteiger partial charge in [-0.3, -0.25) is 0 Å². The second-order valence-corrected chi connectivity index (χ2v) is 5.61. The lowest BCUT2D eigenvalue weighted by molar-refractivity contribution is 0.413. The molecular weight excluding hydrogens is 266 g/mol. The van der Waals surface area contributed by atoms with Crippen molar-refractivity contribution in [3.63, 3.8) is 0 Å². The van der Waals surface area contributed by atoms with Crippen molar-refractivity contribution in [1.29, 1.82) is 10.5 Å². The van der Waals surface area contributed by atoms with Gasteiger partial charge in [-0.15, -0.1) is 0 Å². The summed E-state index contributed by atoms with van der Waals surface area (Å²) in [7, 11) is -1.96. The van der Waals surface area contributed by atoms with Gasteiger partial charge in [0.15, 0.2) is 9.84 Å². The van der Waals surface area contributed by atoms with Crippen LogP contribution in [0.1, 0.15) is 0 Å². The van der Waals surface area contributed by atoms with E-state index < -0.39 is 9.84 Å². The van der Waals surface area contributed by atoms with E-state index in [1.165, 1.54) is 25.4 Å². The molecule has 0 atom stereocenters. The number of benzene rings is 1. The molecule has 0 amide bonds. The summed E-state index contributed by atoms with van der Waals surface area (Å²) in [5.41, 5.74) is 0.284. The Kier molecular flexibility index (Phi) is 4.51. The number of nitrogens with zero attached hydrogens (tertiary/aromatic N) is 2. The molecule has 98 valence electrons. The molecule has 0 spiro atoms. The summed E-state index contributed by atoms with van der Waals surface area (Å²) >= 11 is 0. The van der Waals surface area contributed by atoms with Gasteiger partial charge < -0.3 is 10.1 Å². The van der Waals surface area contributed by atoms with Crippen molar-refractivity contribution in [2.75, 3.05) is 18.7 Å². The third-order valence-corrected chi connectivity index (χ3v) is 3.26. The van der Waals surface area contributed by atoms with Crippen LogP contribution in [0.25, 0.3) is 0 Å². The molecule has 1 N–H and O–H groups in total. The van der Waals surface area contributed by atoms with Crippen LogP contribution >= 0.6 is 0 Å². The first kappa shape index (κ1) is 14.6. The molecule has 7 heteroatoms. The highest BCUT2D eigenvalue weighted by Crippen LogP contribution is 2.24. The van der Waals surface area contributed by atoms with Gasteiger partial charge in [0.25, 0.3) is 0 Å². The van der Waals surface area contributed by atoms with Crippen molar-refractivity contribution in [3.8, 4) is 17.9 Å². The number of nitrogens with one attached hydrogen (secondary N) is 1. The van der Waals surface area contributed by atoms with Gasteiger partial charge in [0.1, 0.15) is 23.5 Å². The molecule has 0 aliphatic carbocycles. The Bertz CT molecular complexity index is 678. The van der Waals surface area contributed by atoms with Crippen LogP contribution in [0.5, 0.6) is 5.75 Å². The fraction of sp³-hybridized carbons (Fsp3) is 0.167. The normalized spacial score (nSPS) is 9.89. The molecule has 6 nitrogen and oxygen atoms in total. The third kappa shape index (κ3) is 4.02. The number of hydrogen-bond acceptors (Lipinski definition) is 6. The van der Waals surface area contributed by atoms with Crippen molar-refractivity contribution >= 4 is 15.5 Å². The molecule has 0 aromatic heterocycles. The molecular formula is C12H11N3O3S. The van der Waals surface area contributed by atoms with E-state index in [1.54, 1.807) is 18.2 Å². The first-order valence-corrected chi connectivity index (χ1v) is 6.96. The number of sulfone groups is 1. The number of anilines is 1. The van der Waals surface area contributed by atoms with Gasteiger partial charge in [0.2, 0.25) is 0 Å². The molecule has 0 saturated carbocycles. The van der Waals surface area contributed by atoms with Gasteiger partial charge >= 0.3 is 0 Å². The summed E-state index contributed by atoms with van der Waals surface area (Å²) in [5, 5.41) is 19.9. The van der Waals surface area contributed by atoms with Crippen molar-refractivity contribution < 1.29 is 13.2 Å². The summed E-state index contributed by atoms with van der Waals surface area (Å²) in [6.07, 6.45) is 2.28. The molecule has 0 fully saturated rings. The highest BCUT2D eigenvalue weighted by molar-refractivity contribution is 7.90. The van der Waals surface area contributed by atoms with E-state index in [0.717, 1.165) is 6.26 Å². The minimum atomic E-state index is -3.38. The average molecular weight is 277 g/mol. The minimum absolute atomic E-state index is 0.0817. The quantitative estimate of drug-likeness (QED) is 0.835. The maximum atomic E-state index is 11.5. The monoisotopic (exact) mass is 277 g/mol. The average Bonchev–Trinajstić information content (AvgIpc) is 2.38. The molecule has 0 aliphatic heterocycles. The van der Waals surface area contributed by atoms with E-state index >= 15 is 0 Å². The summed E-state index contributed by atoms with van der Waals surface area (Å²) in [6, 6.07) is 7.70. The highest BCUT2D eigenvalue weighted by atomic mass is 32.2. The van der Waals surface area contributed by atoms with Crippen LogP contribution in [0.4, 0.5) is 5.69 Å². The van der Waals surface area contributed by atoms with Crippen molar-refractivity contribution in [3.05, 3.63) is 30.0 Å². The highest BCUT2D eigenvalue weighted by Gasteiger charge is 2.10.